The van der Waals surface area contributed by atoms with E-state index in [1.165, 1.54) is 38.1 Å². The number of fused-ring (bicyclic) bond motifs is 4. The number of benzene rings is 2. The van der Waals surface area contributed by atoms with Crippen LogP contribution >= 0.6 is 11.8 Å². The predicted molar refractivity (Wildman–Crippen MR) is 168 cm³/mol. The standard InChI is InChI=1S/C34H34O14S/c1-15-33(43)29(41)25-19(7-5-9-21(25)35)27(39)31(33,13-17(47-15)11-23(37)45-3)49-32-14-18(12-24(38)46-4)48-16(2)34(32,44)30(42)26-20(28(32)40)8-6-10-22(26)36/h5-10,15-18,35-36,43-44H,11-14H2,1-4H3/t15-,16-,17-,18-,31-,32-,33+,34+/m0/s1. The number of esters is 2. The summed E-state index contributed by atoms with van der Waals surface area (Å²) in [6, 6.07) is 7.44. The minimum Gasteiger partial charge on any atom is -0.507 e. The number of methoxy groups -OCH3 is 2. The SMILES string of the molecule is COC(=O)C[C@H]1C[C@]2(S[C@]34C[C@H](CC(=O)OC)O[C@@H](C)[C@@]3(O)C(=O)c3c(O)cccc3C4=O)C(=O)c3cccc(O)c3C(=O)[C@]2(O)[C@H](C)O1. The Morgan fingerprint density at radius 2 is 1.08 bits per heavy atom. The van der Waals surface area contributed by atoms with E-state index in [1.807, 2.05) is 0 Å². The Morgan fingerprint density at radius 3 is 1.43 bits per heavy atom. The molecule has 15 heteroatoms. The minimum atomic E-state index is -2.86. The van der Waals surface area contributed by atoms with Crippen molar-refractivity contribution in [2.75, 3.05) is 14.2 Å². The highest BCUT2D eigenvalue weighted by atomic mass is 32.2. The molecule has 2 aliphatic heterocycles. The van der Waals surface area contributed by atoms with Crippen molar-refractivity contribution in [3.8, 4) is 11.5 Å². The predicted octanol–water partition coefficient (Wildman–Crippen LogP) is 1.71. The van der Waals surface area contributed by atoms with Gasteiger partial charge in [0.05, 0.1) is 62.6 Å². The van der Waals surface area contributed by atoms with Gasteiger partial charge in [-0.05, 0) is 38.8 Å². The monoisotopic (exact) mass is 698 g/mol. The molecule has 6 rings (SSSR count). The van der Waals surface area contributed by atoms with Crippen molar-refractivity contribution in [1.29, 1.82) is 0 Å². The largest absolute Gasteiger partial charge is 0.507 e. The van der Waals surface area contributed by atoms with E-state index in [4.69, 9.17) is 18.9 Å². The van der Waals surface area contributed by atoms with Crippen LogP contribution in [-0.2, 0) is 28.5 Å². The summed E-state index contributed by atoms with van der Waals surface area (Å²) in [5, 5.41) is 46.8. The second kappa shape index (κ2) is 11.7. The maximum Gasteiger partial charge on any atom is 0.308 e. The highest BCUT2D eigenvalue weighted by Gasteiger charge is 2.78. The van der Waals surface area contributed by atoms with Crippen LogP contribution in [0.4, 0.5) is 0 Å². The highest BCUT2D eigenvalue weighted by molar-refractivity contribution is 8.03. The summed E-state index contributed by atoms with van der Waals surface area (Å²) in [5.74, 6) is -6.87. The summed E-state index contributed by atoms with van der Waals surface area (Å²) in [4.78, 5) is 83.9. The van der Waals surface area contributed by atoms with Crippen LogP contribution in [0.25, 0.3) is 0 Å². The summed E-state index contributed by atoms with van der Waals surface area (Å²) in [5.41, 5.74) is -7.33. The number of aromatic hydroxyl groups is 2. The first kappa shape index (κ1) is 34.7. The molecule has 2 saturated heterocycles. The molecule has 49 heavy (non-hydrogen) atoms. The van der Waals surface area contributed by atoms with E-state index in [2.05, 4.69) is 0 Å². The number of carbonyl (C=O) groups is 6. The number of aliphatic hydroxyl groups is 2. The van der Waals surface area contributed by atoms with Gasteiger partial charge in [-0.2, -0.15) is 0 Å². The first-order chi connectivity index (χ1) is 23.0. The van der Waals surface area contributed by atoms with Gasteiger partial charge in [-0.1, -0.05) is 24.3 Å². The van der Waals surface area contributed by atoms with Gasteiger partial charge in [-0.25, -0.2) is 0 Å². The number of Topliss-reactive ketones (excluding diaryl/α,β-unsaturated/α-hetero) is 4. The molecule has 0 bridgehead atoms. The van der Waals surface area contributed by atoms with Crippen molar-refractivity contribution in [1.82, 2.24) is 0 Å². The number of rotatable bonds is 6. The normalized spacial score (nSPS) is 35.1. The number of phenols is 2. The molecule has 2 fully saturated rings. The molecule has 0 aromatic heterocycles. The first-order valence-corrected chi connectivity index (χ1v) is 16.3. The van der Waals surface area contributed by atoms with Crippen LogP contribution in [0.2, 0.25) is 0 Å². The summed E-state index contributed by atoms with van der Waals surface area (Å²) in [6.45, 7) is 2.57. The fourth-order valence-electron chi connectivity index (χ4n) is 7.91. The lowest BCUT2D eigenvalue weighted by atomic mass is 9.63. The Hall–Kier alpha value is -4.15. The third-order valence-electron chi connectivity index (χ3n) is 10.3. The van der Waals surface area contributed by atoms with E-state index in [9.17, 15) is 39.6 Å². The molecule has 0 amide bonds. The molecule has 0 radical (unpaired) electrons. The van der Waals surface area contributed by atoms with Gasteiger partial charge in [0.15, 0.2) is 22.8 Å². The zero-order valence-electron chi connectivity index (χ0n) is 26.9. The zero-order valence-corrected chi connectivity index (χ0v) is 27.7. The Bertz CT molecular complexity index is 1690. The smallest absolute Gasteiger partial charge is 0.308 e. The van der Waals surface area contributed by atoms with E-state index < -0.39 is 128 Å². The number of carbonyl (C=O) groups excluding carboxylic acids is 6. The fourth-order valence-corrected chi connectivity index (χ4v) is 10.3. The van der Waals surface area contributed by atoms with Gasteiger partial charge >= 0.3 is 11.9 Å². The molecule has 0 saturated carbocycles. The Labute approximate surface area is 283 Å². The van der Waals surface area contributed by atoms with E-state index >= 15 is 9.59 Å². The van der Waals surface area contributed by atoms with E-state index in [-0.39, 0.29) is 11.1 Å². The van der Waals surface area contributed by atoms with Crippen LogP contribution in [0, 0.1) is 0 Å². The van der Waals surface area contributed by atoms with E-state index in [1.54, 1.807) is 0 Å². The molecule has 4 aliphatic rings. The second-order valence-electron chi connectivity index (χ2n) is 12.8. The summed E-state index contributed by atoms with van der Waals surface area (Å²) >= 11 is 0.381. The summed E-state index contributed by atoms with van der Waals surface area (Å²) in [7, 11) is 2.26. The van der Waals surface area contributed by atoms with Gasteiger partial charge in [-0.15, -0.1) is 11.8 Å². The lowest BCUT2D eigenvalue weighted by Crippen LogP contribution is -2.79. The highest BCUT2D eigenvalue weighted by Crippen LogP contribution is 2.64. The van der Waals surface area contributed by atoms with Gasteiger partial charge in [0.2, 0.25) is 11.6 Å². The molecule has 14 nitrogen and oxygen atoms in total. The van der Waals surface area contributed by atoms with Crippen LogP contribution in [-0.4, -0.2) is 115 Å². The minimum absolute atomic E-state index is 0.313. The van der Waals surface area contributed by atoms with E-state index in [0.29, 0.717) is 11.8 Å². The van der Waals surface area contributed by atoms with Crippen LogP contribution in [0.5, 0.6) is 11.5 Å². The Kier molecular flexibility index (Phi) is 8.31. The van der Waals surface area contributed by atoms with Crippen LogP contribution < -0.4 is 0 Å². The molecule has 2 aliphatic carbocycles. The molecular formula is C34H34O14S. The number of ketones is 4. The average Bonchev–Trinajstić information content (AvgIpc) is 3.06. The maximum atomic E-state index is 15.0. The molecule has 8 atom stereocenters. The molecule has 0 unspecified atom stereocenters. The van der Waals surface area contributed by atoms with Crippen molar-refractivity contribution < 1.29 is 68.1 Å². The van der Waals surface area contributed by atoms with Crippen molar-refractivity contribution >= 4 is 46.8 Å². The summed E-state index contributed by atoms with van der Waals surface area (Å²) < 4.78 is 16.6. The number of phenolic OH excluding ortho intramolecular Hbond substituents is 2. The topological polar surface area (TPSA) is 220 Å². The van der Waals surface area contributed by atoms with Gasteiger partial charge in [0.1, 0.15) is 21.0 Å². The van der Waals surface area contributed by atoms with Gasteiger partial charge in [-0.3, -0.25) is 28.8 Å². The van der Waals surface area contributed by atoms with Crippen LogP contribution in [0.15, 0.2) is 36.4 Å². The lowest BCUT2D eigenvalue weighted by Gasteiger charge is -2.61. The fraction of sp³-hybridized carbons (Fsp3) is 0.471. The van der Waals surface area contributed by atoms with Crippen molar-refractivity contribution in [2.45, 2.75) is 84.6 Å². The molecule has 2 heterocycles. The third-order valence-corrected chi connectivity index (χ3v) is 12.3. The molecule has 4 N–H and O–H groups in total. The van der Waals surface area contributed by atoms with Crippen LogP contribution in [0.1, 0.15) is 81.0 Å². The third kappa shape index (κ3) is 4.55. The summed E-state index contributed by atoms with van der Waals surface area (Å²) in [6.07, 6.45) is -7.60. The molecule has 2 aromatic carbocycles. The Balaban J connectivity index is 1.66. The lowest BCUT2D eigenvalue weighted by molar-refractivity contribution is -0.173. The molecule has 2 aromatic rings. The zero-order chi connectivity index (χ0) is 35.8. The molecule has 260 valence electrons. The number of ether oxygens (including phenoxy) is 4. The van der Waals surface area contributed by atoms with E-state index in [0.717, 1.165) is 26.4 Å². The van der Waals surface area contributed by atoms with Crippen molar-refractivity contribution in [3.63, 3.8) is 0 Å². The van der Waals surface area contributed by atoms with Crippen molar-refractivity contribution in [3.05, 3.63) is 58.7 Å². The number of hydrogen-bond donors (Lipinski definition) is 4. The van der Waals surface area contributed by atoms with Gasteiger partial charge in [0, 0.05) is 11.1 Å². The average molecular weight is 699 g/mol. The molecule has 0 spiro atoms. The first-order valence-electron chi connectivity index (χ1n) is 15.5. The maximum absolute atomic E-state index is 15.0. The van der Waals surface area contributed by atoms with Crippen LogP contribution in [0.3, 0.4) is 0 Å². The number of hydrogen-bond acceptors (Lipinski definition) is 15. The Morgan fingerprint density at radius 1 is 0.714 bits per heavy atom. The van der Waals surface area contributed by atoms with Crippen molar-refractivity contribution in [2.24, 2.45) is 0 Å². The molecular weight excluding hydrogens is 664 g/mol. The van der Waals surface area contributed by atoms with Gasteiger partial charge < -0.3 is 39.4 Å². The number of thioether (sulfide) groups is 1. The van der Waals surface area contributed by atoms with Gasteiger partial charge in [0.25, 0.3) is 0 Å². The second-order valence-corrected chi connectivity index (χ2v) is 14.4. The quantitative estimate of drug-likeness (QED) is 0.316.